The third-order valence-corrected chi connectivity index (χ3v) is 2.64. The lowest BCUT2D eigenvalue weighted by Crippen LogP contribution is -2.12. The third-order valence-electron chi connectivity index (χ3n) is 2.64. The zero-order chi connectivity index (χ0) is 12.6. The molecular formula is C13H18N4O. The normalized spacial score (nSPS) is 10.5. The summed E-state index contributed by atoms with van der Waals surface area (Å²) in [6.07, 6.45) is 6.44. The minimum absolute atomic E-state index is 0.686. The van der Waals surface area contributed by atoms with Gasteiger partial charge in [0.2, 0.25) is 5.95 Å². The van der Waals surface area contributed by atoms with E-state index in [0.29, 0.717) is 6.61 Å². The van der Waals surface area contributed by atoms with Crippen LogP contribution in [0.25, 0.3) is 0 Å². The molecule has 2 aromatic rings. The summed E-state index contributed by atoms with van der Waals surface area (Å²) in [6.45, 7) is 2.31. The molecule has 5 nitrogen and oxygen atoms in total. The van der Waals surface area contributed by atoms with Gasteiger partial charge in [-0.25, -0.2) is 4.98 Å². The van der Waals surface area contributed by atoms with Crippen molar-refractivity contribution in [1.82, 2.24) is 14.5 Å². The first kappa shape index (κ1) is 12.6. The van der Waals surface area contributed by atoms with Crippen LogP contribution in [0.3, 0.4) is 0 Å². The lowest BCUT2D eigenvalue weighted by molar-refractivity contribution is 0.187. The zero-order valence-corrected chi connectivity index (χ0v) is 10.5. The monoisotopic (exact) mass is 246 g/mol. The van der Waals surface area contributed by atoms with Crippen LogP contribution in [-0.4, -0.2) is 34.8 Å². The van der Waals surface area contributed by atoms with E-state index in [9.17, 15) is 0 Å². The lowest BCUT2D eigenvalue weighted by Gasteiger charge is -2.09. The van der Waals surface area contributed by atoms with Crippen LogP contribution in [0.15, 0.2) is 36.8 Å². The molecule has 0 spiro atoms. The number of nitrogens with one attached hydrogen (secondary N) is 1. The van der Waals surface area contributed by atoms with Crippen LogP contribution >= 0.6 is 0 Å². The fourth-order valence-corrected chi connectivity index (χ4v) is 1.69. The molecule has 0 atom stereocenters. The second-order valence-electron chi connectivity index (χ2n) is 3.93. The Balaban J connectivity index is 1.81. The molecule has 2 rings (SSSR count). The number of pyridine rings is 1. The second-order valence-corrected chi connectivity index (χ2v) is 3.93. The van der Waals surface area contributed by atoms with Crippen molar-refractivity contribution in [1.29, 1.82) is 0 Å². The molecule has 1 N–H and O–H groups in total. The fourth-order valence-electron chi connectivity index (χ4n) is 1.69. The number of nitrogens with zero attached hydrogens (tertiary/aromatic N) is 3. The second kappa shape index (κ2) is 6.76. The van der Waals surface area contributed by atoms with Crippen molar-refractivity contribution in [2.75, 3.05) is 25.6 Å². The van der Waals surface area contributed by atoms with Gasteiger partial charge < -0.3 is 14.6 Å². The van der Waals surface area contributed by atoms with E-state index in [1.54, 1.807) is 13.3 Å². The summed E-state index contributed by atoms with van der Waals surface area (Å²) in [5.41, 5.74) is 1.08. The van der Waals surface area contributed by atoms with Crippen molar-refractivity contribution in [3.05, 3.63) is 42.5 Å². The number of aromatic nitrogens is 3. The van der Waals surface area contributed by atoms with E-state index in [1.165, 1.54) is 0 Å². The Labute approximate surface area is 107 Å². The van der Waals surface area contributed by atoms with Crippen LogP contribution in [0.5, 0.6) is 0 Å². The van der Waals surface area contributed by atoms with Gasteiger partial charge in [0.1, 0.15) is 0 Å². The van der Waals surface area contributed by atoms with Crippen LogP contribution in [0.2, 0.25) is 0 Å². The number of hydrogen-bond acceptors (Lipinski definition) is 4. The molecule has 0 unspecified atom stereocenters. The van der Waals surface area contributed by atoms with Gasteiger partial charge in [0.15, 0.2) is 0 Å². The largest absolute Gasteiger partial charge is 0.383 e. The van der Waals surface area contributed by atoms with E-state index >= 15 is 0 Å². The Hall–Kier alpha value is -1.88. The number of imidazole rings is 1. The third kappa shape index (κ3) is 3.56. The van der Waals surface area contributed by atoms with Crippen molar-refractivity contribution in [2.24, 2.45) is 0 Å². The predicted molar refractivity (Wildman–Crippen MR) is 70.5 cm³/mol. The highest BCUT2D eigenvalue weighted by atomic mass is 16.5. The van der Waals surface area contributed by atoms with Crippen molar-refractivity contribution in [3.8, 4) is 0 Å². The minimum Gasteiger partial charge on any atom is -0.383 e. The van der Waals surface area contributed by atoms with E-state index in [4.69, 9.17) is 4.74 Å². The first-order chi connectivity index (χ1) is 8.90. The fraction of sp³-hybridized carbons (Fsp3) is 0.385. The van der Waals surface area contributed by atoms with Gasteiger partial charge in [0.25, 0.3) is 0 Å². The molecule has 0 aromatic carbocycles. The number of rotatable bonds is 7. The lowest BCUT2D eigenvalue weighted by atomic mass is 10.3. The van der Waals surface area contributed by atoms with Gasteiger partial charge in [0, 0.05) is 50.9 Å². The van der Waals surface area contributed by atoms with Crippen molar-refractivity contribution >= 4 is 5.95 Å². The first-order valence-corrected chi connectivity index (χ1v) is 6.04. The van der Waals surface area contributed by atoms with E-state index in [1.807, 2.05) is 35.2 Å². The Morgan fingerprint density at radius 2 is 2.22 bits per heavy atom. The Bertz CT molecular complexity index is 455. The summed E-state index contributed by atoms with van der Waals surface area (Å²) in [4.78, 5) is 8.56. The average molecular weight is 246 g/mol. The molecule has 96 valence electrons. The van der Waals surface area contributed by atoms with E-state index < -0.39 is 0 Å². The highest BCUT2D eigenvalue weighted by Gasteiger charge is 2.01. The predicted octanol–water partition coefficient (Wildman–Crippen LogP) is 1.58. The number of hydrogen-bond donors (Lipinski definition) is 1. The van der Waals surface area contributed by atoms with Gasteiger partial charge in [0.05, 0.1) is 6.61 Å². The van der Waals surface area contributed by atoms with Crippen molar-refractivity contribution < 1.29 is 4.74 Å². The van der Waals surface area contributed by atoms with Crippen molar-refractivity contribution in [2.45, 2.75) is 13.0 Å². The molecule has 0 saturated heterocycles. The first-order valence-electron chi connectivity index (χ1n) is 6.04. The smallest absolute Gasteiger partial charge is 0.202 e. The molecule has 0 amide bonds. The van der Waals surface area contributed by atoms with Crippen LogP contribution in [0, 0.1) is 0 Å². The molecule has 2 heterocycles. The summed E-state index contributed by atoms with van der Waals surface area (Å²) in [6, 6.07) is 5.95. The van der Waals surface area contributed by atoms with Gasteiger partial charge in [-0.05, 0) is 12.1 Å². The average Bonchev–Trinajstić information content (AvgIpc) is 2.85. The van der Waals surface area contributed by atoms with Gasteiger partial charge in [-0.15, -0.1) is 0 Å². The Morgan fingerprint density at radius 1 is 1.28 bits per heavy atom. The Morgan fingerprint density at radius 3 is 3.00 bits per heavy atom. The molecule has 0 fully saturated rings. The summed E-state index contributed by atoms with van der Waals surface area (Å²) in [5, 5.41) is 3.31. The van der Waals surface area contributed by atoms with E-state index in [-0.39, 0.29) is 0 Å². The zero-order valence-electron chi connectivity index (χ0n) is 10.5. The summed E-state index contributed by atoms with van der Waals surface area (Å²) >= 11 is 0. The van der Waals surface area contributed by atoms with Crippen molar-refractivity contribution in [3.63, 3.8) is 0 Å². The topological polar surface area (TPSA) is 52.0 Å². The molecule has 0 radical (unpaired) electrons. The summed E-state index contributed by atoms with van der Waals surface area (Å²) < 4.78 is 7.10. The quantitative estimate of drug-likeness (QED) is 0.806. The van der Waals surface area contributed by atoms with Gasteiger partial charge in [-0.1, -0.05) is 6.07 Å². The maximum absolute atomic E-state index is 5.06. The maximum atomic E-state index is 5.06. The minimum atomic E-state index is 0.686. The number of ether oxygens (including phenoxy) is 1. The SMILES string of the molecule is COCCn1ccnc1NCCc1ccccn1. The van der Waals surface area contributed by atoms with E-state index in [2.05, 4.69) is 15.3 Å². The number of methoxy groups -OCH3 is 1. The molecule has 2 aromatic heterocycles. The highest BCUT2D eigenvalue weighted by molar-refractivity contribution is 5.26. The molecular weight excluding hydrogens is 228 g/mol. The molecule has 0 aliphatic rings. The molecule has 5 heteroatoms. The van der Waals surface area contributed by atoms with Crippen LogP contribution in [0.4, 0.5) is 5.95 Å². The molecule has 0 bridgehead atoms. The van der Waals surface area contributed by atoms with Gasteiger partial charge >= 0.3 is 0 Å². The molecule has 18 heavy (non-hydrogen) atoms. The molecule has 0 aliphatic carbocycles. The summed E-state index contributed by atoms with van der Waals surface area (Å²) in [5.74, 6) is 0.878. The van der Waals surface area contributed by atoms with Crippen LogP contribution in [0.1, 0.15) is 5.69 Å². The number of anilines is 1. The van der Waals surface area contributed by atoms with Crippen LogP contribution in [-0.2, 0) is 17.7 Å². The highest BCUT2D eigenvalue weighted by Crippen LogP contribution is 2.04. The summed E-state index contributed by atoms with van der Waals surface area (Å²) in [7, 11) is 1.70. The van der Waals surface area contributed by atoms with Gasteiger partial charge in [-0.3, -0.25) is 4.98 Å². The molecule has 0 saturated carbocycles. The Kier molecular flexibility index (Phi) is 4.72. The molecule has 0 aliphatic heterocycles. The maximum Gasteiger partial charge on any atom is 0.202 e. The standard InChI is InChI=1S/C13H18N4O/c1-18-11-10-17-9-8-16-13(17)15-7-5-12-4-2-3-6-14-12/h2-4,6,8-9H,5,7,10-11H2,1H3,(H,15,16). The van der Waals surface area contributed by atoms with Gasteiger partial charge in [-0.2, -0.15) is 0 Å². The van der Waals surface area contributed by atoms with Crippen LogP contribution < -0.4 is 5.32 Å². The van der Waals surface area contributed by atoms with E-state index in [0.717, 1.165) is 31.2 Å².